The van der Waals surface area contributed by atoms with E-state index in [-0.39, 0.29) is 23.8 Å². The summed E-state index contributed by atoms with van der Waals surface area (Å²) in [6.45, 7) is 5.94. The highest BCUT2D eigenvalue weighted by atomic mass is 19.4. The average Bonchev–Trinajstić information content (AvgIpc) is 3.18. The van der Waals surface area contributed by atoms with Gasteiger partial charge in [0.15, 0.2) is 0 Å². The molecule has 2 aromatic carbocycles. The van der Waals surface area contributed by atoms with E-state index in [4.69, 9.17) is 4.74 Å². The predicted octanol–water partition coefficient (Wildman–Crippen LogP) is 4.63. The van der Waals surface area contributed by atoms with Crippen molar-refractivity contribution in [3.05, 3.63) is 65.2 Å². The number of carbonyl (C=O) groups is 1. The highest BCUT2D eigenvalue weighted by Crippen LogP contribution is 2.36. The van der Waals surface area contributed by atoms with E-state index in [2.05, 4.69) is 10.2 Å². The van der Waals surface area contributed by atoms with Crippen molar-refractivity contribution in [3.8, 4) is 5.75 Å². The Bertz CT molecular complexity index is 867. The number of hydrogen-bond donors (Lipinski definition) is 1. The van der Waals surface area contributed by atoms with Gasteiger partial charge in [0.2, 0.25) is 5.91 Å². The van der Waals surface area contributed by atoms with Gasteiger partial charge in [0.25, 0.3) is 0 Å². The lowest BCUT2D eigenvalue weighted by Crippen LogP contribution is -2.36. The molecule has 0 bridgehead atoms. The largest absolute Gasteiger partial charge is 0.497 e. The first kappa shape index (κ1) is 22.2. The SMILES string of the molecule is CCN1C[C@@H](C(=O)N[C@@H](C)c2cccc(OC)c2)[C@H](c2ccc(C(F)(F)F)cc2)C1. The lowest BCUT2D eigenvalue weighted by Gasteiger charge is -2.22. The maximum Gasteiger partial charge on any atom is 0.416 e. The maximum absolute atomic E-state index is 13.1. The highest BCUT2D eigenvalue weighted by Gasteiger charge is 2.39. The van der Waals surface area contributed by atoms with E-state index in [0.29, 0.717) is 18.8 Å². The van der Waals surface area contributed by atoms with Crippen molar-refractivity contribution in [1.29, 1.82) is 0 Å². The van der Waals surface area contributed by atoms with Gasteiger partial charge in [-0.2, -0.15) is 13.2 Å². The van der Waals surface area contributed by atoms with Crippen LogP contribution in [0.5, 0.6) is 5.75 Å². The lowest BCUT2D eigenvalue weighted by atomic mass is 9.87. The second-order valence-electron chi connectivity index (χ2n) is 7.69. The Hall–Kier alpha value is -2.54. The summed E-state index contributed by atoms with van der Waals surface area (Å²) in [6, 6.07) is 12.5. The summed E-state index contributed by atoms with van der Waals surface area (Å²) >= 11 is 0. The number of methoxy groups -OCH3 is 1. The number of hydrogen-bond acceptors (Lipinski definition) is 3. The van der Waals surface area contributed by atoms with Gasteiger partial charge in [0.05, 0.1) is 24.6 Å². The lowest BCUT2D eigenvalue weighted by molar-refractivity contribution is -0.137. The molecular weight excluding hydrogens is 393 g/mol. The molecule has 7 heteroatoms. The number of amides is 1. The van der Waals surface area contributed by atoms with Gasteiger partial charge in [0.1, 0.15) is 5.75 Å². The zero-order valence-corrected chi connectivity index (χ0v) is 17.4. The number of likely N-dealkylation sites (N-methyl/N-ethyl adjacent to an activating group) is 1. The van der Waals surface area contributed by atoms with Gasteiger partial charge in [-0.05, 0) is 48.9 Å². The first-order chi connectivity index (χ1) is 14.2. The molecule has 0 aromatic heterocycles. The van der Waals surface area contributed by atoms with E-state index < -0.39 is 11.7 Å². The summed E-state index contributed by atoms with van der Waals surface area (Å²) in [5, 5.41) is 3.07. The van der Waals surface area contributed by atoms with Crippen LogP contribution in [0.4, 0.5) is 13.2 Å². The average molecular weight is 420 g/mol. The van der Waals surface area contributed by atoms with Crippen LogP contribution in [0, 0.1) is 5.92 Å². The normalized spacial score (nSPS) is 20.7. The van der Waals surface area contributed by atoms with E-state index in [9.17, 15) is 18.0 Å². The zero-order chi connectivity index (χ0) is 21.9. The summed E-state index contributed by atoms with van der Waals surface area (Å²) in [4.78, 5) is 15.3. The molecule has 0 aliphatic carbocycles. The topological polar surface area (TPSA) is 41.6 Å². The highest BCUT2D eigenvalue weighted by molar-refractivity contribution is 5.81. The van der Waals surface area contributed by atoms with Crippen LogP contribution in [0.15, 0.2) is 48.5 Å². The molecule has 1 fully saturated rings. The molecule has 162 valence electrons. The number of ether oxygens (including phenoxy) is 1. The number of nitrogens with one attached hydrogen (secondary N) is 1. The molecule has 0 saturated carbocycles. The van der Waals surface area contributed by atoms with Crippen LogP contribution < -0.4 is 10.1 Å². The van der Waals surface area contributed by atoms with Crippen LogP contribution in [0.25, 0.3) is 0 Å². The fourth-order valence-corrected chi connectivity index (χ4v) is 3.98. The number of benzene rings is 2. The Balaban J connectivity index is 1.77. The van der Waals surface area contributed by atoms with Crippen molar-refractivity contribution in [2.75, 3.05) is 26.7 Å². The molecule has 1 amide bonds. The van der Waals surface area contributed by atoms with Gasteiger partial charge in [-0.15, -0.1) is 0 Å². The van der Waals surface area contributed by atoms with Gasteiger partial charge in [-0.1, -0.05) is 31.2 Å². The molecule has 0 radical (unpaired) electrons. The van der Waals surface area contributed by atoms with Crippen molar-refractivity contribution in [2.24, 2.45) is 5.92 Å². The minimum Gasteiger partial charge on any atom is -0.497 e. The van der Waals surface area contributed by atoms with Crippen LogP contribution >= 0.6 is 0 Å². The van der Waals surface area contributed by atoms with Gasteiger partial charge in [0, 0.05) is 19.0 Å². The molecular formula is C23H27F3N2O2. The summed E-state index contributed by atoms with van der Waals surface area (Å²) in [5.74, 6) is 0.153. The third-order valence-electron chi connectivity index (χ3n) is 5.80. The second kappa shape index (κ2) is 9.08. The van der Waals surface area contributed by atoms with Crippen molar-refractivity contribution >= 4 is 5.91 Å². The maximum atomic E-state index is 13.1. The Morgan fingerprint density at radius 3 is 2.50 bits per heavy atom. The van der Waals surface area contributed by atoms with Crippen LogP contribution in [0.1, 0.15) is 42.5 Å². The van der Waals surface area contributed by atoms with E-state index in [1.807, 2.05) is 38.1 Å². The summed E-state index contributed by atoms with van der Waals surface area (Å²) in [5.41, 5.74) is 1.01. The summed E-state index contributed by atoms with van der Waals surface area (Å²) in [7, 11) is 1.59. The zero-order valence-electron chi connectivity index (χ0n) is 17.4. The van der Waals surface area contributed by atoms with Crippen LogP contribution in [-0.2, 0) is 11.0 Å². The van der Waals surface area contributed by atoms with Crippen molar-refractivity contribution in [2.45, 2.75) is 32.0 Å². The number of halogens is 3. The molecule has 1 saturated heterocycles. The van der Waals surface area contributed by atoms with Crippen molar-refractivity contribution < 1.29 is 22.7 Å². The predicted molar refractivity (Wildman–Crippen MR) is 109 cm³/mol. The van der Waals surface area contributed by atoms with E-state index in [1.54, 1.807) is 7.11 Å². The third-order valence-corrected chi connectivity index (χ3v) is 5.80. The summed E-state index contributed by atoms with van der Waals surface area (Å²) in [6.07, 6.45) is -4.37. The van der Waals surface area contributed by atoms with Gasteiger partial charge in [-0.3, -0.25) is 4.79 Å². The number of alkyl halides is 3. The molecule has 2 aromatic rings. The Morgan fingerprint density at radius 1 is 1.20 bits per heavy atom. The summed E-state index contributed by atoms with van der Waals surface area (Å²) < 4.78 is 43.9. The van der Waals surface area contributed by atoms with E-state index >= 15 is 0 Å². The quantitative estimate of drug-likeness (QED) is 0.741. The number of rotatable bonds is 6. The van der Waals surface area contributed by atoms with Gasteiger partial charge < -0.3 is 15.0 Å². The monoisotopic (exact) mass is 420 g/mol. The molecule has 1 aliphatic rings. The van der Waals surface area contributed by atoms with Crippen molar-refractivity contribution in [3.63, 3.8) is 0 Å². The van der Waals surface area contributed by atoms with Gasteiger partial charge >= 0.3 is 6.18 Å². The molecule has 1 aliphatic heterocycles. The van der Waals surface area contributed by atoms with Crippen molar-refractivity contribution in [1.82, 2.24) is 10.2 Å². The fourth-order valence-electron chi connectivity index (χ4n) is 3.98. The Labute approximate surface area is 175 Å². The third kappa shape index (κ3) is 4.95. The second-order valence-corrected chi connectivity index (χ2v) is 7.69. The fraction of sp³-hybridized carbons (Fsp3) is 0.435. The molecule has 4 nitrogen and oxygen atoms in total. The van der Waals surface area contributed by atoms with E-state index in [1.165, 1.54) is 12.1 Å². The Morgan fingerprint density at radius 2 is 1.90 bits per heavy atom. The van der Waals surface area contributed by atoms with Crippen LogP contribution in [0.2, 0.25) is 0 Å². The standard InChI is InChI=1S/C23H27F3N2O2/c1-4-28-13-20(16-8-10-18(11-9-16)23(24,25)26)21(14-28)22(29)27-15(2)17-6-5-7-19(12-17)30-3/h5-12,15,20-21H,4,13-14H2,1-3H3,(H,27,29)/t15-,20-,21+/m0/s1. The first-order valence-corrected chi connectivity index (χ1v) is 10.1. The number of carbonyl (C=O) groups excluding carboxylic acids is 1. The molecule has 3 rings (SSSR count). The molecule has 0 spiro atoms. The molecule has 30 heavy (non-hydrogen) atoms. The number of nitrogens with zero attached hydrogens (tertiary/aromatic N) is 1. The smallest absolute Gasteiger partial charge is 0.416 e. The van der Waals surface area contributed by atoms with E-state index in [0.717, 1.165) is 29.8 Å². The van der Waals surface area contributed by atoms with Crippen LogP contribution in [0.3, 0.4) is 0 Å². The minimum atomic E-state index is -4.37. The first-order valence-electron chi connectivity index (χ1n) is 10.1. The minimum absolute atomic E-state index is 0.0915. The van der Waals surface area contributed by atoms with Crippen LogP contribution in [-0.4, -0.2) is 37.6 Å². The molecule has 1 heterocycles. The number of likely N-dealkylation sites (tertiary alicyclic amines) is 1. The molecule has 0 unspecified atom stereocenters. The van der Waals surface area contributed by atoms with Gasteiger partial charge in [-0.25, -0.2) is 0 Å². The Kier molecular flexibility index (Phi) is 6.71. The molecule has 1 N–H and O–H groups in total. The molecule has 3 atom stereocenters.